The fraction of sp³-hybridized carbons (Fsp3) is 0.478. The summed E-state index contributed by atoms with van der Waals surface area (Å²) in [7, 11) is 0. The summed E-state index contributed by atoms with van der Waals surface area (Å²) in [6.45, 7) is 10.7. The minimum absolute atomic E-state index is 0. The lowest BCUT2D eigenvalue weighted by molar-refractivity contribution is -0.919. The molecule has 1 heterocycles. The first-order valence-corrected chi connectivity index (χ1v) is 9.47. The number of hydrogen-bond acceptors (Lipinski definition) is 0. The summed E-state index contributed by atoms with van der Waals surface area (Å²) >= 11 is 0. The Bertz CT molecular complexity index is 619. The minimum Gasteiger partial charge on any atom is -1.00 e. The predicted molar refractivity (Wildman–Crippen MR) is 102 cm³/mol. The van der Waals surface area contributed by atoms with Crippen LogP contribution in [0.15, 0.2) is 54.6 Å². The normalized spacial score (nSPS) is 20.8. The van der Waals surface area contributed by atoms with Gasteiger partial charge in [-0.2, -0.15) is 0 Å². The number of halogens is 1. The topological polar surface area (TPSA) is 4.44 Å². The molecule has 0 amide bonds. The zero-order valence-electron chi connectivity index (χ0n) is 15.9. The van der Waals surface area contributed by atoms with Crippen molar-refractivity contribution in [2.24, 2.45) is 5.92 Å². The first-order valence-electron chi connectivity index (χ1n) is 9.47. The standard InChI is InChI=1S/C23H31N.ClH/c1-23(2,3)22-11-9-19(10-12-22)17-20-13-15-24(16-14-20)18-21-7-5-4-6-8-21;/h4-12,20H,13-18H2,1-3H3;1H. The molecule has 2 heteroatoms. The van der Waals surface area contributed by atoms with Gasteiger partial charge < -0.3 is 17.3 Å². The van der Waals surface area contributed by atoms with Gasteiger partial charge in [-0.05, 0) is 41.7 Å². The third-order valence-electron chi connectivity index (χ3n) is 5.45. The van der Waals surface area contributed by atoms with E-state index in [2.05, 4.69) is 75.4 Å². The van der Waals surface area contributed by atoms with Gasteiger partial charge in [-0.25, -0.2) is 0 Å². The molecule has 1 fully saturated rings. The van der Waals surface area contributed by atoms with Crippen LogP contribution in [0.25, 0.3) is 0 Å². The first kappa shape index (κ1) is 20.0. The maximum Gasteiger partial charge on any atom is 0.103 e. The van der Waals surface area contributed by atoms with Crippen LogP contribution in [0.5, 0.6) is 0 Å². The van der Waals surface area contributed by atoms with Crippen molar-refractivity contribution in [3.05, 3.63) is 71.3 Å². The monoisotopic (exact) mass is 357 g/mol. The third-order valence-corrected chi connectivity index (χ3v) is 5.45. The van der Waals surface area contributed by atoms with Gasteiger partial charge in [0.2, 0.25) is 0 Å². The second-order valence-electron chi connectivity index (χ2n) is 8.51. The lowest BCUT2D eigenvalue weighted by Crippen LogP contribution is -3.11. The Kier molecular flexibility index (Phi) is 7.10. The summed E-state index contributed by atoms with van der Waals surface area (Å²) < 4.78 is 0. The Hall–Kier alpha value is -1.31. The van der Waals surface area contributed by atoms with Gasteiger partial charge in [0, 0.05) is 5.56 Å². The number of likely N-dealkylation sites (tertiary alicyclic amines) is 1. The Labute approximate surface area is 159 Å². The molecular formula is C23H32ClN. The fourth-order valence-electron chi connectivity index (χ4n) is 3.83. The maximum atomic E-state index is 2.35. The molecule has 136 valence electrons. The van der Waals surface area contributed by atoms with E-state index in [1.54, 1.807) is 4.90 Å². The van der Waals surface area contributed by atoms with Crippen molar-refractivity contribution in [1.29, 1.82) is 0 Å². The molecule has 3 rings (SSSR count). The highest BCUT2D eigenvalue weighted by atomic mass is 35.5. The summed E-state index contributed by atoms with van der Waals surface area (Å²) in [4.78, 5) is 1.75. The van der Waals surface area contributed by atoms with Crippen molar-refractivity contribution < 1.29 is 17.3 Å². The summed E-state index contributed by atoms with van der Waals surface area (Å²) in [5, 5.41) is 0. The van der Waals surface area contributed by atoms with Crippen molar-refractivity contribution in [2.75, 3.05) is 13.1 Å². The molecule has 2 aromatic carbocycles. The Balaban J connectivity index is 0.00000225. The molecular weight excluding hydrogens is 326 g/mol. The molecule has 0 radical (unpaired) electrons. The van der Waals surface area contributed by atoms with E-state index in [0.717, 1.165) is 5.92 Å². The molecule has 0 saturated carbocycles. The SMILES string of the molecule is CC(C)(C)c1ccc(CC2CC[NH+](Cc3ccccc3)CC2)cc1.[Cl-]. The molecule has 1 saturated heterocycles. The second kappa shape index (κ2) is 8.87. The smallest absolute Gasteiger partial charge is 0.103 e. The van der Waals surface area contributed by atoms with Gasteiger partial charge >= 0.3 is 0 Å². The van der Waals surface area contributed by atoms with E-state index in [-0.39, 0.29) is 17.8 Å². The van der Waals surface area contributed by atoms with E-state index in [0.29, 0.717) is 0 Å². The van der Waals surface area contributed by atoms with Crippen molar-refractivity contribution in [3.8, 4) is 0 Å². The Morgan fingerprint density at radius 3 is 2.00 bits per heavy atom. The molecule has 0 aliphatic carbocycles. The van der Waals surface area contributed by atoms with E-state index < -0.39 is 0 Å². The molecule has 1 aliphatic rings. The predicted octanol–water partition coefficient (Wildman–Crippen LogP) is 1.03. The lowest BCUT2D eigenvalue weighted by Gasteiger charge is -2.29. The zero-order valence-corrected chi connectivity index (χ0v) is 16.7. The van der Waals surface area contributed by atoms with Crippen LogP contribution in [0.2, 0.25) is 0 Å². The van der Waals surface area contributed by atoms with Crippen LogP contribution in [0.1, 0.15) is 50.3 Å². The average Bonchev–Trinajstić information content (AvgIpc) is 2.57. The zero-order chi connectivity index (χ0) is 17.0. The fourth-order valence-corrected chi connectivity index (χ4v) is 3.83. The van der Waals surface area contributed by atoms with Gasteiger partial charge in [-0.3, -0.25) is 0 Å². The van der Waals surface area contributed by atoms with E-state index in [1.807, 2.05) is 0 Å². The molecule has 0 aromatic heterocycles. The second-order valence-corrected chi connectivity index (χ2v) is 8.51. The Morgan fingerprint density at radius 2 is 1.44 bits per heavy atom. The number of hydrogen-bond donors (Lipinski definition) is 1. The largest absolute Gasteiger partial charge is 1.00 e. The van der Waals surface area contributed by atoms with E-state index in [4.69, 9.17) is 0 Å². The van der Waals surface area contributed by atoms with Crippen molar-refractivity contribution in [3.63, 3.8) is 0 Å². The summed E-state index contributed by atoms with van der Waals surface area (Å²) in [6, 6.07) is 20.3. The van der Waals surface area contributed by atoms with E-state index in [1.165, 1.54) is 55.6 Å². The van der Waals surface area contributed by atoms with Gasteiger partial charge in [0.05, 0.1) is 13.1 Å². The summed E-state index contributed by atoms with van der Waals surface area (Å²) in [5.41, 5.74) is 4.68. The number of quaternary nitrogens is 1. The molecule has 0 atom stereocenters. The van der Waals surface area contributed by atoms with Gasteiger partial charge in [-0.15, -0.1) is 0 Å². The van der Waals surface area contributed by atoms with E-state index in [9.17, 15) is 0 Å². The van der Waals surface area contributed by atoms with Crippen molar-refractivity contribution in [2.45, 2.75) is 52.0 Å². The summed E-state index contributed by atoms with van der Waals surface area (Å²) in [6.07, 6.45) is 3.98. The van der Waals surface area contributed by atoms with Crippen LogP contribution >= 0.6 is 0 Å². The molecule has 0 bridgehead atoms. The van der Waals surface area contributed by atoms with Crippen LogP contribution in [0, 0.1) is 5.92 Å². The van der Waals surface area contributed by atoms with Crippen LogP contribution in [-0.4, -0.2) is 13.1 Å². The molecule has 0 unspecified atom stereocenters. The maximum absolute atomic E-state index is 2.35. The highest BCUT2D eigenvalue weighted by Crippen LogP contribution is 2.24. The minimum atomic E-state index is 0. The van der Waals surface area contributed by atoms with E-state index >= 15 is 0 Å². The summed E-state index contributed by atoms with van der Waals surface area (Å²) in [5.74, 6) is 0.866. The lowest BCUT2D eigenvalue weighted by atomic mass is 9.85. The van der Waals surface area contributed by atoms with Gasteiger partial charge in [0.1, 0.15) is 6.54 Å². The molecule has 1 aliphatic heterocycles. The third kappa shape index (κ3) is 5.87. The van der Waals surface area contributed by atoms with Gasteiger partial charge in [0.15, 0.2) is 0 Å². The number of piperidine rings is 1. The molecule has 2 aromatic rings. The highest BCUT2D eigenvalue weighted by Gasteiger charge is 2.22. The Morgan fingerprint density at radius 1 is 0.840 bits per heavy atom. The van der Waals surface area contributed by atoms with Crippen molar-refractivity contribution >= 4 is 0 Å². The van der Waals surface area contributed by atoms with Gasteiger partial charge in [-0.1, -0.05) is 75.4 Å². The molecule has 25 heavy (non-hydrogen) atoms. The average molecular weight is 358 g/mol. The van der Waals surface area contributed by atoms with Crippen molar-refractivity contribution in [1.82, 2.24) is 0 Å². The van der Waals surface area contributed by atoms with Crippen LogP contribution < -0.4 is 17.3 Å². The van der Waals surface area contributed by atoms with Crippen LogP contribution in [0.3, 0.4) is 0 Å². The van der Waals surface area contributed by atoms with Crippen LogP contribution in [-0.2, 0) is 18.4 Å². The number of benzene rings is 2. The number of nitrogens with one attached hydrogen (secondary N) is 1. The first-order chi connectivity index (χ1) is 11.5. The van der Waals surface area contributed by atoms with Gasteiger partial charge in [0.25, 0.3) is 0 Å². The number of rotatable bonds is 4. The van der Waals surface area contributed by atoms with Crippen LogP contribution in [0.4, 0.5) is 0 Å². The molecule has 0 spiro atoms. The quantitative estimate of drug-likeness (QED) is 0.833. The molecule has 1 N–H and O–H groups in total. The highest BCUT2D eigenvalue weighted by molar-refractivity contribution is 5.27. The molecule has 1 nitrogen and oxygen atoms in total.